The lowest BCUT2D eigenvalue weighted by Gasteiger charge is -2.20. The highest BCUT2D eigenvalue weighted by Gasteiger charge is 2.12. The van der Waals surface area contributed by atoms with E-state index >= 15 is 0 Å². The normalized spacial score (nSPS) is 13.1. The van der Waals surface area contributed by atoms with Gasteiger partial charge in [0, 0.05) is 17.9 Å². The number of nitrogens with one attached hydrogen (secondary N) is 1. The van der Waals surface area contributed by atoms with Gasteiger partial charge in [0.2, 0.25) is 0 Å². The predicted octanol–water partition coefficient (Wildman–Crippen LogP) is 4.50. The Hall–Kier alpha value is 0.240. The molecule has 16 heavy (non-hydrogen) atoms. The second-order valence-corrected chi connectivity index (χ2v) is 5.53. The van der Waals surface area contributed by atoms with Crippen molar-refractivity contribution >= 4 is 39.1 Å². The number of rotatable bonds is 5. The van der Waals surface area contributed by atoms with Gasteiger partial charge in [0.15, 0.2) is 0 Å². The first-order valence-corrected chi connectivity index (χ1v) is 7.16. The van der Waals surface area contributed by atoms with Gasteiger partial charge in [0.05, 0.1) is 10.0 Å². The third kappa shape index (κ3) is 3.92. The maximum atomic E-state index is 6.12. The van der Waals surface area contributed by atoms with Crippen LogP contribution in [0.1, 0.15) is 19.4 Å². The molecule has 0 aliphatic rings. The molecule has 0 aliphatic carbocycles. The molecule has 1 atom stereocenters. The molecular formula is C12H16BrCl2N. The fourth-order valence-electron chi connectivity index (χ4n) is 1.39. The van der Waals surface area contributed by atoms with Gasteiger partial charge in [0.25, 0.3) is 0 Å². The van der Waals surface area contributed by atoms with E-state index in [9.17, 15) is 0 Å². The fourth-order valence-corrected chi connectivity index (χ4v) is 2.76. The molecule has 0 heterocycles. The van der Waals surface area contributed by atoms with Crippen LogP contribution in [0.3, 0.4) is 0 Å². The lowest BCUT2D eigenvalue weighted by Crippen LogP contribution is -2.34. The zero-order valence-electron chi connectivity index (χ0n) is 9.43. The molecule has 90 valence electrons. The molecule has 0 amide bonds. The maximum absolute atomic E-state index is 6.12. The second kappa shape index (κ2) is 6.85. The maximum Gasteiger partial charge on any atom is 0.0637 e. The minimum atomic E-state index is 0.440. The summed E-state index contributed by atoms with van der Waals surface area (Å²) < 4.78 is 0. The Bertz CT molecular complexity index is 342. The molecule has 1 N–H and O–H groups in total. The molecule has 0 spiro atoms. The summed E-state index contributed by atoms with van der Waals surface area (Å²) in [6.07, 6.45) is 0. The van der Waals surface area contributed by atoms with Crippen LogP contribution in [0.25, 0.3) is 0 Å². The number of hydrogen-bond donors (Lipinski definition) is 1. The van der Waals surface area contributed by atoms with Gasteiger partial charge in [-0.15, -0.1) is 0 Å². The number of halogens is 3. The van der Waals surface area contributed by atoms with Crippen LogP contribution in [-0.4, -0.2) is 11.4 Å². The Labute approximate surface area is 116 Å². The average Bonchev–Trinajstić information content (AvgIpc) is 2.24. The minimum absolute atomic E-state index is 0.440. The van der Waals surface area contributed by atoms with Gasteiger partial charge in [-0.05, 0) is 17.5 Å². The predicted molar refractivity (Wildman–Crippen MR) is 75.7 cm³/mol. The summed E-state index contributed by atoms with van der Waals surface area (Å²) >= 11 is 15.6. The van der Waals surface area contributed by atoms with Crippen molar-refractivity contribution in [3.63, 3.8) is 0 Å². The van der Waals surface area contributed by atoms with Gasteiger partial charge < -0.3 is 5.32 Å². The Balaban J connectivity index is 2.64. The molecule has 1 nitrogen and oxygen atoms in total. The fraction of sp³-hybridized carbons (Fsp3) is 0.500. The highest BCUT2D eigenvalue weighted by Crippen LogP contribution is 2.25. The SMILES string of the molecule is CC(C)C(CBr)NCc1cccc(Cl)c1Cl. The number of alkyl halides is 1. The lowest BCUT2D eigenvalue weighted by molar-refractivity contribution is 0.434. The van der Waals surface area contributed by atoms with Crippen LogP contribution >= 0.6 is 39.1 Å². The molecule has 0 saturated carbocycles. The van der Waals surface area contributed by atoms with Gasteiger partial charge in [-0.2, -0.15) is 0 Å². The molecule has 0 fully saturated rings. The van der Waals surface area contributed by atoms with Crippen molar-refractivity contribution in [3.05, 3.63) is 33.8 Å². The van der Waals surface area contributed by atoms with E-state index in [1.807, 2.05) is 12.1 Å². The largest absolute Gasteiger partial charge is 0.309 e. The van der Waals surface area contributed by atoms with E-state index < -0.39 is 0 Å². The van der Waals surface area contributed by atoms with Gasteiger partial charge in [0.1, 0.15) is 0 Å². The van der Waals surface area contributed by atoms with Crippen LogP contribution in [0.5, 0.6) is 0 Å². The topological polar surface area (TPSA) is 12.0 Å². The molecule has 0 aliphatic heterocycles. The molecule has 1 aromatic carbocycles. The summed E-state index contributed by atoms with van der Waals surface area (Å²) in [7, 11) is 0. The molecule has 0 radical (unpaired) electrons. The van der Waals surface area contributed by atoms with Gasteiger partial charge in [-0.3, -0.25) is 0 Å². The van der Waals surface area contributed by atoms with Crippen LogP contribution in [0.2, 0.25) is 10.0 Å². The lowest BCUT2D eigenvalue weighted by atomic mass is 10.1. The summed E-state index contributed by atoms with van der Waals surface area (Å²) in [5.41, 5.74) is 1.04. The second-order valence-electron chi connectivity index (χ2n) is 4.10. The average molecular weight is 325 g/mol. The van der Waals surface area contributed by atoms with Crippen molar-refractivity contribution in [1.29, 1.82) is 0 Å². The summed E-state index contributed by atoms with van der Waals surface area (Å²) in [6, 6.07) is 6.16. The van der Waals surface area contributed by atoms with E-state index in [2.05, 4.69) is 35.1 Å². The Morgan fingerprint density at radius 1 is 1.31 bits per heavy atom. The molecule has 0 bridgehead atoms. The first kappa shape index (κ1) is 14.3. The quantitative estimate of drug-likeness (QED) is 0.786. The van der Waals surface area contributed by atoms with E-state index in [-0.39, 0.29) is 0 Å². The van der Waals surface area contributed by atoms with Crippen molar-refractivity contribution in [2.24, 2.45) is 5.92 Å². The monoisotopic (exact) mass is 323 g/mol. The van der Waals surface area contributed by atoms with Crippen molar-refractivity contribution in [1.82, 2.24) is 5.32 Å². The van der Waals surface area contributed by atoms with Crippen LogP contribution in [0.15, 0.2) is 18.2 Å². The summed E-state index contributed by atoms with van der Waals surface area (Å²) in [5, 5.41) is 5.66. The molecule has 1 rings (SSSR count). The minimum Gasteiger partial charge on any atom is -0.309 e. The first-order chi connectivity index (χ1) is 7.56. The standard InChI is InChI=1S/C12H16BrCl2N/c1-8(2)11(6-13)16-7-9-4-3-5-10(14)12(9)15/h3-5,8,11,16H,6-7H2,1-2H3. The highest BCUT2D eigenvalue weighted by atomic mass is 79.9. The molecule has 4 heteroatoms. The van der Waals surface area contributed by atoms with Crippen LogP contribution in [-0.2, 0) is 6.54 Å². The first-order valence-electron chi connectivity index (χ1n) is 5.28. The zero-order valence-corrected chi connectivity index (χ0v) is 12.5. The van der Waals surface area contributed by atoms with Gasteiger partial charge >= 0.3 is 0 Å². The van der Waals surface area contributed by atoms with E-state index in [1.165, 1.54) is 0 Å². The van der Waals surface area contributed by atoms with Crippen LogP contribution < -0.4 is 5.32 Å². The molecule has 0 saturated heterocycles. The third-order valence-corrected chi connectivity index (χ3v) is 4.11. The van der Waals surface area contributed by atoms with Crippen LogP contribution in [0, 0.1) is 5.92 Å². The Kier molecular flexibility index (Phi) is 6.12. The van der Waals surface area contributed by atoms with E-state index in [0.29, 0.717) is 22.0 Å². The molecule has 1 unspecified atom stereocenters. The smallest absolute Gasteiger partial charge is 0.0637 e. The van der Waals surface area contributed by atoms with Gasteiger partial charge in [-0.25, -0.2) is 0 Å². The van der Waals surface area contributed by atoms with Crippen molar-refractivity contribution in [2.75, 3.05) is 5.33 Å². The molecule has 1 aromatic rings. The van der Waals surface area contributed by atoms with Crippen molar-refractivity contribution in [3.8, 4) is 0 Å². The highest BCUT2D eigenvalue weighted by molar-refractivity contribution is 9.09. The Morgan fingerprint density at radius 3 is 2.56 bits per heavy atom. The van der Waals surface area contributed by atoms with E-state index in [1.54, 1.807) is 6.07 Å². The van der Waals surface area contributed by atoms with Gasteiger partial charge in [-0.1, -0.05) is 65.1 Å². The zero-order chi connectivity index (χ0) is 12.1. The summed E-state index contributed by atoms with van der Waals surface area (Å²) in [4.78, 5) is 0. The summed E-state index contributed by atoms with van der Waals surface area (Å²) in [6.45, 7) is 5.13. The summed E-state index contributed by atoms with van der Waals surface area (Å²) in [5.74, 6) is 0.581. The third-order valence-electron chi connectivity index (χ3n) is 2.56. The van der Waals surface area contributed by atoms with Crippen molar-refractivity contribution < 1.29 is 0 Å². The number of hydrogen-bond acceptors (Lipinski definition) is 1. The molecule has 0 aromatic heterocycles. The Morgan fingerprint density at radius 2 is 2.00 bits per heavy atom. The molecular weight excluding hydrogens is 309 g/mol. The van der Waals surface area contributed by atoms with Crippen LogP contribution in [0.4, 0.5) is 0 Å². The van der Waals surface area contributed by atoms with E-state index in [4.69, 9.17) is 23.2 Å². The van der Waals surface area contributed by atoms with Crippen molar-refractivity contribution in [2.45, 2.75) is 26.4 Å². The number of benzene rings is 1. The van der Waals surface area contributed by atoms with E-state index in [0.717, 1.165) is 17.4 Å².